The molecule has 0 atom stereocenters. The van der Waals surface area contributed by atoms with Crippen molar-refractivity contribution < 1.29 is 30.7 Å². The Morgan fingerprint density at radius 1 is 1.14 bits per heavy atom. The standard InChI is InChI=1S/C23H18F4N4O3S/c1-13-12-31-21(30-13)17(14-2-4-15(5-3-14)35(32,33)23(25,26)27)10-28-22(31)29-11-18-16-8-9-34-20(16)7-6-19(18)24/h2-7,10,12H,8-9,11H2,1H3,(H,28,29). The molecule has 1 N–H and O–H groups in total. The van der Waals surface area contributed by atoms with Crippen LogP contribution in [0.1, 0.15) is 16.8 Å². The third-order valence-corrected chi connectivity index (χ3v) is 7.26. The van der Waals surface area contributed by atoms with Crippen LogP contribution in [0, 0.1) is 12.7 Å². The van der Waals surface area contributed by atoms with Gasteiger partial charge in [-0.05, 0) is 36.8 Å². The van der Waals surface area contributed by atoms with Crippen molar-refractivity contribution >= 4 is 21.4 Å². The van der Waals surface area contributed by atoms with Gasteiger partial charge in [0.05, 0.1) is 17.2 Å². The number of rotatable bonds is 5. The van der Waals surface area contributed by atoms with Crippen molar-refractivity contribution in [3.05, 3.63) is 71.4 Å². The van der Waals surface area contributed by atoms with Crippen LogP contribution < -0.4 is 10.1 Å². The Bertz CT molecular complexity index is 1550. The molecule has 12 heteroatoms. The van der Waals surface area contributed by atoms with Crippen molar-refractivity contribution in [3.8, 4) is 16.9 Å². The molecule has 0 saturated heterocycles. The monoisotopic (exact) mass is 506 g/mol. The summed E-state index contributed by atoms with van der Waals surface area (Å²) in [5.41, 5.74) is -2.07. The maximum absolute atomic E-state index is 14.5. The Morgan fingerprint density at radius 3 is 2.60 bits per heavy atom. The number of nitrogens with zero attached hydrogens (tertiary/aromatic N) is 3. The molecular weight excluding hydrogens is 488 g/mol. The van der Waals surface area contributed by atoms with Gasteiger partial charge in [-0.15, -0.1) is 0 Å². The number of alkyl halides is 3. The number of hydrogen-bond acceptors (Lipinski definition) is 6. The number of halogens is 4. The average molecular weight is 506 g/mol. The summed E-state index contributed by atoms with van der Waals surface area (Å²) < 4.78 is 83.5. The molecule has 1 aliphatic rings. The molecule has 0 unspecified atom stereocenters. The SMILES string of the molecule is Cc1cn2c(NCc3c(F)ccc4c3CCO4)ncc(-c3ccc(S(=O)(=O)C(F)(F)F)cc3)c2n1. The van der Waals surface area contributed by atoms with Crippen LogP contribution in [0.15, 0.2) is 53.7 Å². The molecule has 4 aromatic rings. The van der Waals surface area contributed by atoms with Gasteiger partial charge in [-0.25, -0.2) is 22.8 Å². The number of benzene rings is 2. The van der Waals surface area contributed by atoms with Crippen molar-refractivity contribution in [2.75, 3.05) is 11.9 Å². The summed E-state index contributed by atoms with van der Waals surface area (Å²) >= 11 is 0. The van der Waals surface area contributed by atoms with Crippen LogP contribution in [0.5, 0.6) is 5.75 Å². The zero-order chi connectivity index (χ0) is 25.0. The minimum absolute atomic E-state index is 0.154. The number of ether oxygens (including phenoxy) is 1. The van der Waals surface area contributed by atoms with E-state index < -0.39 is 20.2 Å². The van der Waals surface area contributed by atoms with Gasteiger partial charge in [-0.1, -0.05) is 12.1 Å². The predicted octanol–water partition coefficient (Wildman–Crippen LogP) is 4.68. The Kier molecular flexibility index (Phi) is 5.42. The van der Waals surface area contributed by atoms with Crippen molar-refractivity contribution in [1.82, 2.24) is 14.4 Å². The molecule has 3 heterocycles. The highest BCUT2D eigenvalue weighted by molar-refractivity contribution is 7.92. The second kappa shape index (κ2) is 8.22. The molecule has 2 aromatic heterocycles. The zero-order valence-corrected chi connectivity index (χ0v) is 19.0. The van der Waals surface area contributed by atoms with E-state index in [-0.39, 0.29) is 12.4 Å². The molecule has 0 bridgehead atoms. The summed E-state index contributed by atoms with van der Waals surface area (Å²) in [5, 5.41) is 3.12. The first-order valence-electron chi connectivity index (χ1n) is 10.5. The number of hydrogen-bond donors (Lipinski definition) is 1. The molecule has 7 nitrogen and oxygen atoms in total. The van der Waals surface area contributed by atoms with E-state index in [1.54, 1.807) is 23.6 Å². The molecule has 2 aromatic carbocycles. The van der Waals surface area contributed by atoms with Crippen molar-refractivity contribution in [2.24, 2.45) is 0 Å². The van der Waals surface area contributed by atoms with Crippen LogP contribution in [0.25, 0.3) is 16.8 Å². The lowest BCUT2D eigenvalue weighted by Gasteiger charge is -2.13. The molecule has 182 valence electrons. The van der Waals surface area contributed by atoms with Gasteiger partial charge in [0.2, 0.25) is 5.95 Å². The zero-order valence-electron chi connectivity index (χ0n) is 18.2. The van der Waals surface area contributed by atoms with Crippen LogP contribution in [-0.4, -0.2) is 34.9 Å². The highest BCUT2D eigenvalue weighted by Gasteiger charge is 2.46. The van der Waals surface area contributed by atoms with Crippen LogP contribution in [0.3, 0.4) is 0 Å². The summed E-state index contributed by atoms with van der Waals surface area (Å²) in [7, 11) is -5.45. The maximum atomic E-state index is 14.5. The van der Waals surface area contributed by atoms with E-state index in [0.29, 0.717) is 52.8 Å². The topological polar surface area (TPSA) is 85.6 Å². The van der Waals surface area contributed by atoms with Crippen molar-refractivity contribution in [1.29, 1.82) is 0 Å². The van der Waals surface area contributed by atoms with Crippen LogP contribution >= 0.6 is 0 Å². The fourth-order valence-electron chi connectivity index (χ4n) is 4.05. The summed E-state index contributed by atoms with van der Waals surface area (Å²) in [6.45, 7) is 2.41. The van der Waals surface area contributed by atoms with E-state index in [1.165, 1.54) is 24.4 Å². The molecule has 1 aliphatic heterocycles. The van der Waals surface area contributed by atoms with Crippen molar-refractivity contribution in [3.63, 3.8) is 0 Å². The van der Waals surface area contributed by atoms with E-state index in [2.05, 4.69) is 15.3 Å². The van der Waals surface area contributed by atoms with E-state index >= 15 is 0 Å². The summed E-state index contributed by atoms with van der Waals surface area (Å²) in [4.78, 5) is 8.04. The van der Waals surface area contributed by atoms with Gasteiger partial charge in [0, 0.05) is 42.0 Å². The molecule has 5 rings (SSSR count). The number of sulfone groups is 1. The number of anilines is 1. The van der Waals surface area contributed by atoms with Gasteiger partial charge in [0.1, 0.15) is 17.2 Å². The van der Waals surface area contributed by atoms with E-state index in [9.17, 15) is 26.0 Å². The summed E-state index contributed by atoms with van der Waals surface area (Å²) in [6.07, 6.45) is 3.80. The van der Waals surface area contributed by atoms with E-state index in [4.69, 9.17) is 4.74 Å². The van der Waals surface area contributed by atoms with Gasteiger partial charge < -0.3 is 10.1 Å². The minimum atomic E-state index is -5.45. The van der Waals surface area contributed by atoms with Gasteiger partial charge >= 0.3 is 5.51 Å². The van der Waals surface area contributed by atoms with Crippen LogP contribution in [0.2, 0.25) is 0 Å². The van der Waals surface area contributed by atoms with Gasteiger partial charge in [-0.2, -0.15) is 13.2 Å². The second-order valence-electron chi connectivity index (χ2n) is 8.00. The molecule has 0 saturated carbocycles. The number of nitrogens with one attached hydrogen (secondary N) is 1. The lowest BCUT2D eigenvalue weighted by Crippen LogP contribution is -2.23. The molecule has 0 spiro atoms. The molecule has 0 aliphatic carbocycles. The smallest absolute Gasteiger partial charge is 0.493 e. The third kappa shape index (κ3) is 3.97. The first-order valence-corrected chi connectivity index (χ1v) is 12.0. The quantitative estimate of drug-likeness (QED) is 0.396. The fraction of sp³-hybridized carbons (Fsp3) is 0.217. The number of aromatic nitrogens is 3. The number of fused-ring (bicyclic) bond motifs is 2. The third-order valence-electron chi connectivity index (χ3n) is 5.76. The van der Waals surface area contributed by atoms with Crippen LogP contribution in [0.4, 0.5) is 23.5 Å². The largest absolute Gasteiger partial charge is 0.501 e. The molecular formula is C23H18F4N4O3S. The van der Waals surface area contributed by atoms with Gasteiger partial charge in [0.15, 0.2) is 0 Å². The molecule has 0 radical (unpaired) electrons. The highest BCUT2D eigenvalue weighted by atomic mass is 32.2. The fourth-order valence-corrected chi connectivity index (χ4v) is 4.81. The molecule has 0 fully saturated rings. The van der Waals surface area contributed by atoms with Crippen molar-refractivity contribution in [2.45, 2.75) is 30.3 Å². The number of imidazole rings is 1. The number of aryl methyl sites for hydroxylation is 1. The minimum Gasteiger partial charge on any atom is -0.493 e. The van der Waals surface area contributed by atoms with Crippen LogP contribution in [-0.2, 0) is 22.8 Å². The Balaban J connectivity index is 1.48. The van der Waals surface area contributed by atoms with Gasteiger partial charge in [0.25, 0.3) is 9.84 Å². The first-order chi connectivity index (χ1) is 16.6. The predicted molar refractivity (Wildman–Crippen MR) is 119 cm³/mol. The first kappa shape index (κ1) is 23.1. The Hall–Kier alpha value is -3.67. The van der Waals surface area contributed by atoms with E-state index in [0.717, 1.165) is 17.7 Å². The average Bonchev–Trinajstić information content (AvgIpc) is 3.44. The summed E-state index contributed by atoms with van der Waals surface area (Å²) in [5.74, 6) is 0.688. The highest BCUT2D eigenvalue weighted by Crippen LogP contribution is 2.33. The second-order valence-corrected chi connectivity index (χ2v) is 9.94. The molecule has 35 heavy (non-hydrogen) atoms. The Morgan fingerprint density at radius 2 is 1.89 bits per heavy atom. The maximum Gasteiger partial charge on any atom is 0.501 e. The van der Waals surface area contributed by atoms with E-state index in [1.807, 2.05) is 0 Å². The molecule has 0 amide bonds. The normalized spacial score (nSPS) is 13.6. The van der Waals surface area contributed by atoms with Gasteiger partial charge in [-0.3, -0.25) is 4.40 Å². The lowest BCUT2D eigenvalue weighted by molar-refractivity contribution is -0.0436. The summed E-state index contributed by atoms with van der Waals surface area (Å²) in [6, 6.07) is 7.31. The lowest BCUT2D eigenvalue weighted by atomic mass is 10.0. The Labute approximate surface area is 197 Å².